The van der Waals surface area contributed by atoms with Crippen molar-refractivity contribution in [1.82, 2.24) is 0 Å². The number of anilines is 1. The van der Waals surface area contributed by atoms with Gasteiger partial charge in [-0.3, -0.25) is 9.59 Å². The molecule has 0 spiro atoms. The summed E-state index contributed by atoms with van der Waals surface area (Å²) >= 11 is 0. The second-order valence-corrected chi connectivity index (χ2v) is 4.64. The van der Waals surface area contributed by atoms with Gasteiger partial charge in [-0.1, -0.05) is 18.7 Å². The Labute approximate surface area is 132 Å². The number of rotatable bonds is 5. The molecular weight excluding hydrogens is 300 g/mol. The molecule has 0 radical (unpaired) electrons. The van der Waals surface area contributed by atoms with Crippen molar-refractivity contribution in [2.45, 2.75) is 0 Å². The third-order valence-corrected chi connectivity index (χ3v) is 2.99. The Bertz CT molecular complexity index is 780. The number of hydrogen-bond acceptors (Lipinski definition) is 2. The van der Waals surface area contributed by atoms with Crippen LogP contribution in [0.4, 0.5) is 14.5 Å². The quantitative estimate of drug-likeness (QED) is 0.670. The lowest BCUT2D eigenvalue weighted by Gasteiger charge is -2.02. The minimum Gasteiger partial charge on any atom is -0.323 e. The summed E-state index contributed by atoms with van der Waals surface area (Å²) in [5.74, 6) is -2.55. The number of benzene rings is 2. The van der Waals surface area contributed by atoms with Gasteiger partial charge in [-0.25, -0.2) is 8.78 Å². The van der Waals surface area contributed by atoms with Gasteiger partial charge in [0, 0.05) is 11.3 Å². The van der Waals surface area contributed by atoms with E-state index < -0.39 is 11.6 Å². The Morgan fingerprint density at radius 3 is 2.30 bits per heavy atom. The van der Waals surface area contributed by atoms with E-state index in [0.29, 0.717) is 16.8 Å². The first-order valence-corrected chi connectivity index (χ1v) is 6.70. The number of hydrogen-bond donors (Lipinski definition) is 1. The van der Waals surface area contributed by atoms with E-state index in [9.17, 15) is 18.4 Å². The van der Waals surface area contributed by atoms with Gasteiger partial charge in [0.15, 0.2) is 17.4 Å². The Hall–Kier alpha value is -3.08. The molecular formula is C18H13F2NO2. The Balaban J connectivity index is 2.08. The molecule has 0 unspecified atom stereocenters. The van der Waals surface area contributed by atoms with Gasteiger partial charge in [-0.15, -0.1) is 0 Å². The third-order valence-electron chi connectivity index (χ3n) is 2.99. The maximum Gasteiger partial charge on any atom is 0.247 e. The predicted molar refractivity (Wildman–Crippen MR) is 85.0 cm³/mol. The zero-order valence-corrected chi connectivity index (χ0v) is 12.1. The van der Waals surface area contributed by atoms with Crippen LogP contribution in [0.2, 0.25) is 0 Å². The van der Waals surface area contributed by atoms with Gasteiger partial charge in [0.2, 0.25) is 5.91 Å². The van der Waals surface area contributed by atoms with Crippen molar-refractivity contribution in [2.24, 2.45) is 0 Å². The first-order chi connectivity index (χ1) is 11.0. The zero-order valence-electron chi connectivity index (χ0n) is 12.1. The molecule has 1 amide bonds. The van der Waals surface area contributed by atoms with Gasteiger partial charge in [0.25, 0.3) is 0 Å². The second-order valence-electron chi connectivity index (χ2n) is 4.64. The van der Waals surface area contributed by atoms with Gasteiger partial charge < -0.3 is 5.32 Å². The summed E-state index contributed by atoms with van der Waals surface area (Å²) in [6.07, 6.45) is 3.81. The number of carbonyl (C=O) groups excluding carboxylic acids is 2. The highest BCUT2D eigenvalue weighted by Gasteiger charge is 2.04. The molecule has 0 aliphatic rings. The van der Waals surface area contributed by atoms with Crippen molar-refractivity contribution in [3.8, 4) is 0 Å². The molecule has 0 aliphatic heterocycles. The molecule has 0 aromatic heterocycles. The summed E-state index contributed by atoms with van der Waals surface area (Å²) in [5.41, 5.74) is 1.32. The molecule has 0 fully saturated rings. The first-order valence-electron chi connectivity index (χ1n) is 6.70. The fourth-order valence-corrected chi connectivity index (χ4v) is 1.80. The summed E-state index contributed by atoms with van der Waals surface area (Å²) in [4.78, 5) is 23.1. The molecule has 0 saturated carbocycles. The smallest absolute Gasteiger partial charge is 0.247 e. The van der Waals surface area contributed by atoms with E-state index in [-0.39, 0.29) is 11.7 Å². The van der Waals surface area contributed by atoms with Crippen molar-refractivity contribution in [3.63, 3.8) is 0 Å². The predicted octanol–water partition coefficient (Wildman–Crippen LogP) is 3.99. The Kier molecular flexibility index (Phi) is 5.15. The second kappa shape index (κ2) is 7.26. The van der Waals surface area contributed by atoms with Crippen LogP contribution in [0.5, 0.6) is 0 Å². The number of amides is 1. The van der Waals surface area contributed by atoms with Crippen LogP contribution in [0.1, 0.15) is 15.9 Å². The summed E-state index contributed by atoms with van der Waals surface area (Å²) in [7, 11) is 0. The molecule has 5 heteroatoms. The van der Waals surface area contributed by atoms with Gasteiger partial charge in [0.1, 0.15) is 0 Å². The number of nitrogens with one attached hydrogen (secondary N) is 1. The fourth-order valence-electron chi connectivity index (χ4n) is 1.80. The van der Waals surface area contributed by atoms with E-state index in [1.54, 1.807) is 24.3 Å². The van der Waals surface area contributed by atoms with E-state index in [1.807, 2.05) is 0 Å². The van der Waals surface area contributed by atoms with Crippen LogP contribution in [0.15, 0.2) is 61.2 Å². The summed E-state index contributed by atoms with van der Waals surface area (Å²) in [6.45, 7) is 3.34. The summed E-state index contributed by atoms with van der Waals surface area (Å²) in [6, 6.07) is 9.65. The highest BCUT2D eigenvalue weighted by molar-refractivity contribution is 6.07. The van der Waals surface area contributed by atoms with E-state index in [4.69, 9.17) is 0 Å². The van der Waals surface area contributed by atoms with Crippen LogP contribution in [0.25, 0.3) is 6.08 Å². The molecule has 2 aromatic carbocycles. The molecule has 23 heavy (non-hydrogen) atoms. The van der Waals surface area contributed by atoms with Crippen molar-refractivity contribution in [2.75, 3.05) is 5.32 Å². The zero-order chi connectivity index (χ0) is 16.8. The molecule has 0 saturated heterocycles. The van der Waals surface area contributed by atoms with Crippen molar-refractivity contribution in [1.29, 1.82) is 0 Å². The van der Waals surface area contributed by atoms with Crippen LogP contribution in [-0.4, -0.2) is 11.7 Å². The van der Waals surface area contributed by atoms with E-state index in [1.165, 1.54) is 18.2 Å². The van der Waals surface area contributed by atoms with E-state index in [2.05, 4.69) is 11.9 Å². The average Bonchev–Trinajstić information content (AvgIpc) is 2.56. The number of allylic oxidation sites excluding steroid dienone is 1. The third kappa shape index (κ3) is 4.44. The molecule has 2 rings (SSSR count). The van der Waals surface area contributed by atoms with Gasteiger partial charge in [-0.2, -0.15) is 0 Å². The maximum absolute atomic E-state index is 13.1. The minimum atomic E-state index is -0.970. The van der Waals surface area contributed by atoms with Crippen molar-refractivity contribution < 1.29 is 18.4 Å². The number of carbonyl (C=O) groups is 2. The largest absolute Gasteiger partial charge is 0.323 e. The number of halogens is 2. The Morgan fingerprint density at radius 1 is 1.00 bits per heavy atom. The van der Waals surface area contributed by atoms with Crippen molar-refractivity contribution in [3.05, 3.63) is 84.0 Å². The van der Waals surface area contributed by atoms with Gasteiger partial charge >= 0.3 is 0 Å². The van der Waals surface area contributed by atoms with Gasteiger partial charge in [-0.05, 0) is 54.1 Å². The molecule has 2 aromatic rings. The van der Waals surface area contributed by atoms with Crippen LogP contribution in [-0.2, 0) is 4.79 Å². The van der Waals surface area contributed by atoms with Crippen LogP contribution >= 0.6 is 0 Å². The van der Waals surface area contributed by atoms with Crippen LogP contribution in [0, 0.1) is 11.6 Å². The minimum absolute atomic E-state index is 0.295. The molecule has 3 nitrogen and oxygen atoms in total. The molecule has 116 valence electrons. The molecule has 1 N–H and O–H groups in total. The normalized spacial score (nSPS) is 10.5. The van der Waals surface area contributed by atoms with Crippen LogP contribution in [0.3, 0.4) is 0 Å². The SMILES string of the molecule is C=CC(=O)Nc1ccc(C(=O)/C=C/c2ccc(F)c(F)c2)cc1. The Morgan fingerprint density at radius 2 is 1.70 bits per heavy atom. The highest BCUT2D eigenvalue weighted by Crippen LogP contribution is 2.13. The van der Waals surface area contributed by atoms with Gasteiger partial charge in [0.05, 0.1) is 0 Å². The molecule has 0 heterocycles. The highest BCUT2D eigenvalue weighted by atomic mass is 19.2. The average molecular weight is 313 g/mol. The van der Waals surface area contributed by atoms with E-state index >= 15 is 0 Å². The lowest BCUT2D eigenvalue weighted by Crippen LogP contribution is -2.07. The van der Waals surface area contributed by atoms with Crippen molar-refractivity contribution >= 4 is 23.5 Å². The van der Waals surface area contributed by atoms with E-state index in [0.717, 1.165) is 18.2 Å². The number of ketones is 1. The standard InChI is InChI=1S/C18H13F2NO2/c1-2-18(23)21-14-7-5-13(6-8-14)17(22)10-4-12-3-9-15(19)16(20)11-12/h2-11H,1H2,(H,21,23)/b10-4+. The topological polar surface area (TPSA) is 46.2 Å². The molecule has 0 atom stereocenters. The first kappa shape index (κ1) is 16.3. The fraction of sp³-hybridized carbons (Fsp3) is 0. The lowest BCUT2D eigenvalue weighted by molar-refractivity contribution is -0.111. The maximum atomic E-state index is 13.1. The monoisotopic (exact) mass is 313 g/mol. The molecule has 0 aliphatic carbocycles. The summed E-state index contributed by atoms with van der Waals surface area (Å²) < 4.78 is 25.9. The lowest BCUT2D eigenvalue weighted by atomic mass is 10.1. The van der Waals surface area contributed by atoms with Crippen LogP contribution < -0.4 is 5.32 Å². The molecule has 0 bridgehead atoms. The summed E-state index contributed by atoms with van der Waals surface area (Å²) in [5, 5.41) is 2.56.